The van der Waals surface area contributed by atoms with Crippen molar-refractivity contribution in [3.8, 4) is 5.75 Å². The number of nitrogens with zero attached hydrogens (tertiary/aromatic N) is 2. The van der Waals surface area contributed by atoms with E-state index in [1.165, 1.54) is 20.8 Å². The molecule has 0 N–H and O–H groups in total. The molecule has 1 aliphatic rings. The third-order valence-corrected chi connectivity index (χ3v) is 8.51. The molecule has 0 radical (unpaired) electrons. The van der Waals surface area contributed by atoms with E-state index in [0.717, 1.165) is 28.2 Å². The van der Waals surface area contributed by atoms with Crippen LogP contribution in [0.2, 0.25) is 0 Å². The molecule has 0 aliphatic carbocycles. The van der Waals surface area contributed by atoms with E-state index in [1.54, 1.807) is 18.5 Å². The number of carbonyl (C=O) groups excluding carboxylic acids is 1. The average Bonchev–Trinajstić information content (AvgIpc) is 3.33. The van der Waals surface area contributed by atoms with Crippen LogP contribution in [0.25, 0.3) is 0 Å². The van der Waals surface area contributed by atoms with Gasteiger partial charge in [-0.3, -0.25) is 4.79 Å². The summed E-state index contributed by atoms with van der Waals surface area (Å²) in [7, 11) is -2.11. The van der Waals surface area contributed by atoms with Crippen LogP contribution in [0.3, 0.4) is 0 Å². The van der Waals surface area contributed by atoms with Gasteiger partial charge in [-0.05, 0) is 46.7 Å². The van der Waals surface area contributed by atoms with Gasteiger partial charge >= 0.3 is 0 Å². The summed E-state index contributed by atoms with van der Waals surface area (Å²) >= 11 is 1.16. The van der Waals surface area contributed by atoms with Gasteiger partial charge in [-0.2, -0.15) is 4.31 Å². The molecule has 0 atom stereocenters. The number of hydrogen-bond donors (Lipinski definition) is 0. The lowest BCUT2D eigenvalue weighted by atomic mass is 10.0. The second kappa shape index (κ2) is 9.91. The topological polar surface area (TPSA) is 66.9 Å². The second-order valence-corrected chi connectivity index (χ2v) is 10.7. The van der Waals surface area contributed by atoms with E-state index < -0.39 is 10.0 Å². The summed E-state index contributed by atoms with van der Waals surface area (Å²) in [4.78, 5) is 15.0. The smallest absolute Gasteiger partial charge is 0.265 e. The van der Waals surface area contributed by atoms with E-state index in [9.17, 15) is 13.2 Å². The van der Waals surface area contributed by atoms with Crippen LogP contribution < -0.4 is 4.74 Å². The van der Waals surface area contributed by atoms with E-state index >= 15 is 0 Å². The SMILES string of the molecule is C=CCOc1ccc(CN(C)C(=O)c2sccc2S(=O)(=O)N2CCc3ccccc3C2)cc1. The summed E-state index contributed by atoms with van der Waals surface area (Å²) < 4.78 is 33.8. The van der Waals surface area contributed by atoms with E-state index in [2.05, 4.69) is 6.58 Å². The number of ether oxygens (including phenoxy) is 1. The van der Waals surface area contributed by atoms with Crippen molar-refractivity contribution in [3.63, 3.8) is 0 Å². The molecule has 1 aromatic heterocycles. The van der Waals surface area contributed by atoms with Crippen molar-refractivity contribution in [3.05, 3.63) is 94.2 Å². The van der Waals surface area contributed by atoms with E-state index in [1.807, 2.05) is 48.5 Å². The van der Waals surface area contributed by atoms with Crippen molar-refractivity contribution >= 4 is 27.3 Å². The maximum Gasteiger partial charge on any atom is 0.265 e. The first-order valence-electron chi connectivity index (χ1n) is 10.6. The molecule has 2 heterocycles. The Morgan fingerprint density at radius 3 is 2.61 bits per heavy atom. The van der Waals surface area contributed by atoms with Crippen molar-refractivity contribution in [2.24, 2.45) is 0 Å². The molecule has 0 spiro atoms. The zero-order chi connectivity index (χ0) is 23.4. The molecule has 1 amide bonds. The molecule has 0 saturated carbocycles. The molecule has 8 heteroatoms. The van der Waals surface area contributed by atoms with Crippen molar-refractivity contribution in [1.82, 2.24) is 9.21 Å². The van der Waals surface area contributed by atoms with Crippen molar-refractivity contribution < 1.29 is 17.9 Å². The highest BCUT2D eigenvalue weighted by atomic mass is 32.2. The highest BCUT2D eigenvalue weighted by Crippen LogP contribution is 2.30. The fourth-order valence-corrected chi connectivity index (χ4v) is 6.64. The maximum absolute atomic E-state index is 13.4. The van der Waals surface area contributed by atoms with Gasteiger partial charge in [0.25, 0.3) is 5.91 Å². The van der Waals surface area contributed by atoms with Crippen LogP contribution in [0, 0.1) is 0 Å². The highest BCUT2D eigenvalue weighted by molar-refractivity contribution is 7.89. The lowest BCUT2D eigenvalue weighted by Crippen LogP contribution is -2.37. The van der Waals surface area contributed by atoms with Gasteiger partial charge in [0.05, 0.1) is 0 Å². The van der Waals surface area contributed by atoms with Crippen molar-refractivity contribution in [2.45, 2.75) is 24.4 Å². The molecule has 4 rings (SSSR count). The predicted molar refractivity (Wildman–Crippen MR) is 130 cm³/mol. The predicted octanol–water partition coefficient (Wildman–Crippen LogP) is 4.33. The van der Waals surface area contributed by atoms with Crippen LogP contribution in [-0.4, -0.2) is 43.7 Å². The minimum Gasteiger partial charge on any atom is -0.490 e. The molecule has 3 aromatic rings. The standard InChI is InChI=1S/C25H26N2O4S2/c1-3-15-31-22-10-8-19(9-11-22)17-26(2)25(28)24-23(13-16-32-24)33(29,30)27-14-12-20-6-4-5-7-21(20)18-27/h3-11,13,16H,1,12,14-15,17-18H2,2H3. The first-order chi connectivity index (χ1) is 15.9. The molecule has 0 bridgehead atoms. The number of sulfonamides is 1. The van der Waals surface area contributed by atoms with Gasteiger partial charge in [0, 0.05) is 26.7 Å². The first-order valence-corrected chi connectivity index (χ1v) is 12.9. The highest BCUT2D eigenvalue weighted by Gasteiger charge is 2.33. The number of carbonyl (C=O) groups is 1. The fourth-order valence-electron chi connectivity index (χ4n) is 3.84. The average molecular weight is 483 g/mol. The first kappa shape index (κ1) is 23.2. The summed E-state index contributed by atoms with van der Waals surface area (Å²) in [6.07, 6.45) is 2.34. The van der Waals surface area contributed by atoms with E-state index in [4.69, 9.17) is 4.74 Å². The summed E-state index contributed by atoms with van der Waals surface area (Å²) in [5.74, 6) is 0.412. The number of rotatable bonds is 8. The molecule has 33 heavy (non-hydrogen) atoms. The van der Waals surface area contributed by atoms with Gasteiger partial charge in [-0.25, -0.2) is 8.42 Å². The van der Waals surface area contributed by atoms with Gasteiger partial charge in [0.1, 0.15) is 22.1 Å². The number of fused-ring (bicyclic) bond motifs is 1. The third-order valence-electron chi connectivity index (χ3n) is 5.59. The van der Waals surface area contributed by atoms with Crippen LogP contribution in [0.1, 0.15) is 26.4 Å². The Balaban J connectivity index is 1.49. The monoisotopic (exact) mass is 482 g/mol. The van der Waals surface area contributed by atoms with Crippen molar-refractivity contribution in [2.75, 3.05) is 20.2 Å². The van der Waals surface area contributed by atoms with Crippen molar-refractivity contribution in [1.29, 1.82) is 0 Å². The molecular formula is C25H26N2O4S2. The van der Waals surface area contributed by atoms with Crippen LogP contribution >= 0.6 is 11.3 Å². The number of benzene rings is 2. The fraction of sp³-hybridized carbons (Fsp3) is 0.240. The zero-order valence-corrected chi connectivity index (χ0v) is 20.1. The normalized spacial score (nSPS) is 13.8. The largest absolute Gasteiger partial charge is 0.490 e. The van der Waals surface area contributed by atoms with Crippen LogP contribution in [0.15, 0.2) is 77.5 Å². The third kappa shape index (κ3) is 5.03. The summed E-state index contributed by atoms with van der Waals surface area (Å²) in [6.45, 7) is 5.13. The van der Waals surface area contributed by atoms with Gasteiger partial charge in [-0.15, -0.1) is 11.3 Å². The Bertz CT molecular complexity index is 1250. The van der Waals surface area contributed by atoms with E-state index in [0.29, 0.717) is 32.7 Å². The molecule has 0 saturated heterocycles. The summed E-state index contributed by atoms with van der Waals surface area (Å²) in [5, 5.41) is 1.66. The molecule has 172 valence electrons. The van der Waals surface area contributed by atoms with Crippen LogP contribution in [0.5, 0.6) is 5.75 Å². The maximum atomic E-state index is 13.4. The second-order valence-electron chi connectivity index (χ2n) is 7.88. The number of thiophene rings is 1. The quantitative estimate of drug-likeness (QED) is 0.448. The summed E-state index contributed by atoms with van der Waals surface area (Å²) in [5.41, 5.74) is 3.10. The van der Waals surface area contributed by atoms with E-state index in [-0.39, 0.29) is 15.7 Å². The van der Waals surface area contributed by atoms with Gasteiger partial charge in [0.2, 0.25) is 10.0 Å². The Hall–Kier alpha value is -2.94. The van der Waals surface area contributed by atoms with Gasteiger partial charge in [0.15, 0.2) is 0 Å². The zero-order valence-electron chi connectivity index (χ0n) is 18.4. The molecule has 2 aromatic carbocycles. The number of hydrogen-bond acceptors (Lipinski definition) is 5. The van der Waals surface area contributed by atoms with Crippen LogP contribution in [0.4, 0.5) is 0 Å². The lowest BCUT2D eigenvalue weighted by molar-refractivity contribution is 0.0786. The minimum absolute atomic E-state index is 0.0805. The number of amides is 1. The Morgan fingerprint density at radius 2 is 1.88 bits per heavy atom. The van der Waals surface area contributed by atoms with Crippen LogP contribution in [-0.2, 0) is 29.5 Å². The molecule has 0 unspecified atom stereocenters. The Morgan fingerprint density at radius 1 is 1.15 bits per heavy atom. The minimum atomic E-state index is -3.79. The lowest BCUT2D eigenvalue weighted by Gasteiger charge is -2.28. The van der Waals surface area contributed by atoms with Gasteiger partial charge in [-0.1, -0.05) is 49.1 Å². The molecule has 1 aliphatic heterocycles. The molecule has 6 nitrogen and oxygen atoms in total. The Labute approximate surface area is 198 Å². The Kier molecular flexibility index (Phi) is 6.97. The molecular weight excluding hydrogens is 456 g/mol. The van der Waals surface area contributed by atoms with Gasteiger partial charge < -0.3 is 9.64 Å². The molecule has 0 fully saturated rings. The summed E-state index contributed by atoms with van der Waals surface area (Å²) in [6, 6.07) is 16.9.